The van der Waals surface area contributed by atoms with Crippen LogP contribution < -0.4 is 0 Å². The van der Waals surface area contributed by atoms with Gasteiger partial charge in [-0.3, -0.25) is 4.68 Å². The van der Waals surface area contributed by atoms with Crippen LogP contribution in [-0.4, -0.2) is 26.2 Å². The number of hydrogen-bond donors (Lipinski definition) is 1. The smallest absolute Gasteiger partial charge is 0.0858 e. The van der Waals surface area contributed by atoms with Gasteiger partial charge in [-0.05, 0) is 13.3 Å². The lowest BCUT2D eigenvalue weighted by Gasteiger charge is -2.13. The molecule has 2 atom stereocenters. The van der Waals surface area contributed by atoms with Crippen LogP contribution in [0.3, 0.4) is 0 Å². The van der Waals surface area contributed by atoms with Crippen molar-refractivity contribution in [3.8, 4) is 0 Å². The molecule has 1 heterocycles. The van der Waals surface area contributed by atoms with E-state index in [4.69, 9.17) is 11.6 Å². The van der Waals surface area contributed by atoms with Gasteiger partial charge in [0, 0.05) is 18.1 Å². The molecule has 0 radical (unpaired) electrons. The van der Waals surface area contributed by atoms with Gasteiger partial charge in [0.2, 0.25) is 0 Å². The summed E-state index contributed by atoms with van der Waals surface area (Å²) in [5, 5.41) is 14.8. The fraction of sp³-hybridized carbons (Fsp3) is 0.727. The van der Waals surface area contributed by atoms with Crippen molar-refractivity contribution in [3.05, 3.63) is 16.4 Å². The molecule has 3 nitrogen and oxygen atoms in total. The molecular formula is C11H19ClN2OS. The van der Waals surface area contributed by atoms with Crippen LogP contribution >= 0.6 is 23.4 Å². The van der Waals surface area contributed by atoms with Crippen LogP contribution in [0.4, 0.5) is 0 Å². The molecule has 0 amide bonds. The third kappa shape index (κ3) is 3.15. The summed E-state index contributed by atoms with van der Waals surface area (Å²) in [5.41, 5.74) is 1.99. The van der Waals surface area contributed by atoms with Crippen molar-refractivity contribution in [1.82, 2.24) is 9.78 Å². The van der Waals surface area contributed by atoms with Gasteiger partial charge in [-0.15, -0.1) is 11.8 Å². The normalized spacial score (nSPS) is 15.1. The van der Waals surface area contributed by atoms with Gasteiger partial charge >= 0.3 is 0 Å². The van der Waals surface area contributed by atoms with Gasteiger partial charge in [-0.1, -0.05) is 25.4 Å². The Morgan fingerprint density at radius 2 is 2.12 bits per heavy atom. The second-order valence-electron chi connectivity index (χ2n) is 3.94. The van der Waals surface area contributed by atoms with Gasteiger partial charge in [0.1, 0.15) is 0 Å². The van der Waals surface area contributed by atoms with E-state index in [2.05, 4.69) is 5.10 Å². The summed E-state index contributed by atoms with van der Waals surface area (Å²) >= 11 is 7.93. The van der Waals surface area contributed by atoms with Gasteiger partial charge in [-0.2, -0.15) is 5.10 Å². The molecule has 0 aliphatic carbocycles. The minimum atomic E-state index is -0.303. The van der Waals surface area contributed by atoms with Crippen molar-refractivity contribution in [3.63, 3.8) is 0 Å². The molecule has 0 bridgehead atoms. The van der Waals surface area contributed by atoms with E-state index in [-0.39, 0.29) is 11.4 Å². The lowest BCUT2D eigenvalue weighted by atomic mass is 10.3. The van der Waals surface area contributed by atoms with E-state index in [1.54, 1.807) is 18.7 Å². The summed E-state index contributed by atoms with van der Waals surface area (Å²) in [4.78, 5) is 0. The molecule has 5 heteroatoms. The molecule has 1 aromatic rings. The van der Waals surface area contributed by atoms with Crippen molar-refractivity contribution < 1.29 is 5.11 Å². The van der Waals surface area contributed by atoms with Crippen LogP contribution in [0.15, 0.2) is 0 Å². The summed E-state index contributed by atoms with van der Waals surface area (Å²) in [7, 11) is 1.91. The maximum Gasteiger partial charge on any atom is 0.0858 e. The number of halogens is 1. The van der Waals surface area contributed by atoms with Crippen molar-refractivity contribution in [1.29, 1.82) is 0 Å². The highest BCUT2D eigenvalue weighted by Gasteiger charge is 2.15. The first kappa shape index (κ1) is 13.9. The Hall–Kier alpha value is -0.190. The molecule has 0 fully saturated rings. The van der Waals surface area contributed by atoms with Crippen molar-refractivity contribution >= 4 is 23.4 Å². The molecule has 0 aliphatic rings. The van der Waals surface area contributed by atoms with E-state index in [9.17, 15) is 5.11 Å². The van der Waals surface area contributed by atoms with Crippen LogP contribution in [0.1, 0.15) is 32.2 Å². The van der Waals surface area contributed by atoms with Crippen LogP contribution in [0.2, 0.25) is 5.02 Å². The second kappa shape index (κ2) is 5.94. The number of aliphatic hydroxyl groups is 1. The van der Waals surface area contributed by atoms with Crippen LogP contribution in [0.5, 0.6) is 0 Å². The largest absolute Gasteiger partial charge is 0.392 e. The molecule has 0 spiro atoms. The lowest BCUT2D eigenvalue weighted by molar-refractivity contribution is 0.196. The van der Waals surface area contributed by atoms with Gasteiger partial charge in [0.25, 0.3) is 0 Å². The lowest BCUT2D eigenvalue weighted by Crippen LogP contribution is -2.15. The second-order valence-corrected chi connectivity index (χ2v) is 5.68. The Kier molecular flexibility index (Phi) is 5.15. The average molecular weight is 263 g/mol. The van der Waals surface area contributed by atoms with Crippen molar-refractivity contribution in [2.75, 3.05) is 0 Å². The molecule has 2 unspecified atom stereocenters. The van der Waals surface area contributed by atoms with Gasteiger partial charge in [0.15, 0.2) is 0 Å². The average Bonchev–Trinajstić information content (AvgIpc) is 2.51. The number of thioether (sulfide) groups is 1. The van der Waals surface area contributed by atoms with Crippen LogP contribution in [0, 0.1) is 0 Å². The molecule has 0 saturated heterocycles. The molecule has 0 aromatic carbocycles. The Labute approximate surface area is 106 Å². The molecule has 0 saturated carbocycles. The minimum Gasteiger partial charge on any atom is -0.392 e. The van der Waals surface area contributed by atoms with E-state index >= 15 is 0 Å². The fourth-order valence-corrected chi connectivity index (χ4v) is 2.80. The predicted molar refractivity (Wildman–Crippen MR) is 70.0 cm³/mol. The van der Waals surface area contributed by atoms with E-state index in [1.165, 1.54) is 0 Å². The van der Waals surface area contributed by atoms with Crippen LogP contribution in [0.25, 0.3) is 0 Å². The van der Waals surface area contributed by atoms with E-state index in [0.717, 1.165) is 28.6 Å². The Morgan fingerprint density at radius 3 is 2.56 bits per heavy atom. The fourth-order valence-electron chi connectivity index (χ4n) is 1.33. The van der Waals surface area contributed by atoms with Gasteiger partial charge in [0.05, 0.1) is 22.5 Å². The van der Waals surface area contributed by atoms with Crippen LogP contribution in [-0.2, 0) is 19.2 Å². The summed E-state index contributed by atoms with van der Waals surface area (Å²) in [6.07, 6.45) is 0.547. The van der Waals surface area contributed by atoms with E-state index < -0.39 is 0 Å². The first-order valence-electron chi connectivity index (χ1n) is 5.47. The quantitative estimate of drug-likeness (QED) is 0.887. The number of aliphatic hydroxyl groups excluding tert-OH is 1. The molecular weight excluding hydrogens is 244 g/mol. The third-order valence-corrected chi connectivity index (χ3v) is 4.46. The van der Waals surface area contributed by atoms with Gasteiger partial charge in [-0.25, -0.2) is 0 Å². The maximum atomic E-state index is 9.41. The minimum absolute atomic E-state index is 0.205. The van der Waals surface area contributed by atoms with Gasteiger partial charge < -0.3 is 5.11 Å². The molecule has 0 aliphatic heterocycles. The number of rotatable bonds is 5. The highest BCUT2D eigenvalue weighted by atomic mass is 35.5. The topological polar surface area (TPSA) is 38.0 Å². The molecule has 1 N–H and O–H groups in total. The number of hydrogen-bond acceptors (Lipinski definition) is 3. The standard InChI is InChI=1S/C11H19ClN2OS/c1-5-9-11(12)10(14(4)13-9)6-16-8(3)7(2)15/h7-8,15H,5-6H2,1-4H3. The van der Waals surface area contributed by atoms with E-state index in [0.29, 0.717) is 0 Å². The van der Waals surface area contributed by atoms with Crippen molar-refractivity contribution in [2.45, 2.75) is 44.3 Å². The molecule has 1 aromatic heterocycles. The first-order chi connectivity index (χ1) is 7.47. The zero-order valence-electron chi connectivity index (χ0n) is 10.2. The molecule has 1 rings (SSSR count). The van der Waals surface area contributed by atoms with E-state index in [1.807, 2.05) is 25.6 Å². The summed E-state index contributed by atoms with van der Waals surface area (Å²) in [5.74, 6) is 0.786. The summed E-state index contributed by atoms with van der Waals surface area (Å²) in [6, 6.07) is 0. The summed E-state index contributed by atoms with van der Waals surface area (Å²) < 4.78 is 1.84. The van der Waals surface area contributed by atoms with Crippen molar-refractivity contribution in [2.24, 2.45) is 7.05 Å². The highest BCUT2D eigenvalue weighted by molar-refractivity contribution is 7.99. The molecule has 92 valence electrons. The SMILES string of the molecule is CCc1nn(C)c(CSC(C)C(C)O)c1Cl. The Bertz CT molecular complexity index is 352. The maximum absolute atomic E-state index is 9.41. The Morgan fingerprint density at radius 1 is 1.50 bits per heavy atom. The Balaban J connectivity index is 2.70. The first-order valence-corrected chi connectivity index (χ1v) is 6.89. The number of nitrogens with zero attached hydrogens (tertiary/aromatic N) is 2. The number of aryl methyl sites for hydroxylation is 2. The zero-order valence-corrected chi connectivity index (χ0v) is 11.8. The zero-order chi connectivity index (χ0) is 12.3. The predicted octanol–water partition coefficient (Wildman–Crippen LogP) is 2.64. The third-order valence-electron chi connectivity index (χ3n) is 2.67. The molecule has 16 heavy (non-hydrogen) atoms. The monoisotopic (exact) mass is 262 g/mol. The highest BCUT2D eigenvalue weighted by Crippen LogP contribution is 2.27. The number of aromatic nitrogens is 2. The summed E-state index contributed by atoms with van der Waals surface area (Å²) in [6.45, 7) is 5.86.